The van der Waals surface area contributed by atoms with Crippen molar-refractivity contribution in [2.24, 2.45) is 0 Å². The van der Waals surface area contributed by atoms with Crippen molar-refractivity contribution in [1.82, 2.24) is 14.9 Å². The number of likely N-dealkylation sites (tertiary alicyclic amines) is 1. The Hall–Kier alpha value is -2.14. The van der Waals surface area contributed by atoms with E-state index in [0.29, 0.717) is 10.0 Å². The van der Waals surface area contributed by atoms with Gasteiger partial charge in [0.25, 0.3) is 0 Å². The Morgan fingerprint density at radius 1 is 0.821 bits per heavy atom. The third-order valence-electron chi connectivity index (χ3n) is 4.94. The molecule has 0 aliphatic carbocycles. The van der Waals surface area contributed by atoms with Gasteiger partial charge in [0.15, 0.2) is 0 Å². The van der Waals surface area contributed by atoms with E-state index in [-0.39, 0.29) is 0 Å². The van der Waals surface area contributed by atoms with Gasteiger partial charge in [-0.25, -0.2) is 4.98 Å². The molecule has 0 amide bonds. The van der Waals surface area contributed by atoms with Gasteiger partial charge in [-0.05, 0) is 50.2 Å². The highest BCUT2D eigenvalue weighted by molar-refractivity contribution is 6.31. The molecule has 0 unspecified atom stereocenters. The number of nitrogens with zero attached hydrogens (tertiary/aromatic N) is 3. The van der Waals surface area contributed by atoms with Gasteiger partial charge < -0.3 is 10.2 Å². The predicted molar refractivity (Wildman–Crippen MR) is 117 cm³/mol. The number of aromatic nitrogens is 2. The fraction of sp³-hybridized carbons (Fsp3) is 0.273. The molecule has 1 aromatic heterocycles. The van der Waals surface area contributed by atoms with E-state index in [9.17, 15) is 0 Å². The maximum absolute atomic E-state index is 6.07. The van der Waals surface area contributed by atoms with Crippen molar-refractivity contribution < 1.29 is 0 Å². The smallest absolute Gasteiger partial charge is 0.145 e. The van der Waals surface area contributed by atoms with Crippen LogP contribution in [0.5, 0.6) is 0 Å². The van der Waals surface area contributed by atoms with Crippen molar-refractivity contribution >= 4 is 29.0 Å². The predicted octanol–water partition coefficient (Wildman–Crippen LogP) is 5.63. The molecule has 28 heavy (non-hydrogen) atoms. The number of hydrogen-bond donors (Lipinski definition) is 1. The second-order valence-corrected chi connectivity index (χ2v) is 7.81. The molecule has 2 heterocycles. The van der Waals surface area contributed by atoms with Crippen LogP contribution in [0.1, 0.15) is 12.8 Å². The zero-order valence-electron chi connectivity index (χ0n) is 15.5. The number of benzene rings is 2. The van der Waals surface area contributed by atoms with Crippen LogP contribution < -0.4 is 5.32 Å². The molecule has 144 valence electrons. The van der Waals surface area contributed by atoms with Gasteiger partial charge in [0.1, 0.15) is 5.82 Å². The summed E-state index contributed by atoms with van der Waals surface area (Å²) in [7, 11) is 0. The topological polar surface area (TPSA) is 41.1 Å². The molecule has 1 fully saturated rings. The van der Waals surface area contributed by atoms with E-state index < -0.39 is 0 Å². The molecule has 0 spiro atoms. The van der Waals surface area contributed by atoms with Crippen molar-refractivity contribution in [3.05, 3.63) is 64.8 Å². The molecule has 0 radical (unpaired) electrons. The zero-order valence-corrected chi connectivity index (χ0v) is 17.0. The second-order valence-electron chi connectivity index (χ2n) is 6.94. The molecule has 6 heteroatoms. The first-order chi connectivity index (χ1) is 13.7. The lowest BCUT2D eigenvalue weighted by Gasteiger charge is -2.16. The summed E-state index contributed by atoms with van der Waals surface area (Å²) < 4.78 is 0. The SMILES string of the molecule is Clc1ccc(-c2ncc(NCCN3CCCC3)nc2-c2ccc(Cl)cc2)cc1. The van der Waals surface area contributed by atoms with Gasteiger partial charge in [-0.2, -0.15) is 0 Å². The average Bonchev–Trinajstić information content (AvgIpc) is 3.23. The Kier molecular flexibility index (Phi) is 6.10. The molecule has 1 N–H and O–H groups in total. The normalized spacial score (nSPS) is 14.4. The summed E-state index contributed by atoms with van der Waals surface area (Å²) in [6, 6.07) is 15.4. The first kappa shape index (κ1) is 19.2. The van der Waals surface area contributed by atoms with Gasteiger partial charge in [0.2, 0.25) is 0 Å². The van der Waals surface area contributed by atoms with Crippen LogP contribution in [0.2, 0.25) is 10.0 Å². The van der Waals surface area contributed by atoms with Crippen LogP contribution in [0.25, 0.3) is 22.5 Å². The monoisotopic (exact) mass is 412 g/mol. The lowest BCUT2D eigenvalue weighted by molar-refractivity contribution is 0.352. The lowest BCUT2D eigenvalue weighted by atomic mass is 10.0. The minimum absolute atomic E-state index is 0.699. The minimum Gasteiger partial charge on any atom is -0.367 e. The van der Waals surface area contributed by atoms with Crippen LogP contribution in [0.4, 0.5) is 5.82 Å². The Labute approximate surface area is 175 Å². The fourth-order valence-electron chi connectivity index (χ4n) is 3.45. The average molecular weight is 413 g/mol. The molecule has 1 saturated heterocycles. The molecule has 4 rings (SSSR count). The van der Waals surface area contributed by atoms with E-state index in [1.165, 1.54) is 25.9 Å². The third kappa shape index (κ3) is 4.64. The quantitative estimate of drug-likeness (QED) is 0.569. The summed E-state index contributed by atoms with van der Waals surface area (Å²) in [5, 5.41) is 4.82. The van der Waals surface area contributed by atoms with Crippen molar-refractivity contribution in [1.29, 1.82) is 0 Å². The Morgan fingerprint density at radius 2 is 1.39 bits per heavy atom. The number of hydrogen-bond acceptors (Lipinski definition) is 4. The van der Waals surface area contributed by atoms with E-state index in [0.717, 1.165) is 41.4 Å². The molecule has 0 saturated carbocycles. The molecular weight excluding hydrogens is 391 g/mol. The maximum Gasteiger partial charge on any atom is 0.145 e. The van der Waals surface area contributed by atoms with Crippen molar-refractivity contribution in [2.75, 3.05) is 31.5 Å². The summed E-state index contributed by atoms with van der Waals surface area (Å²) in [6.45, 7) is 4.27. The van der Waals surface area contributed by atoms with Crippen LogP contribution >= 0.6 is 23.2 Å². The second kappa shape index (κ2) is 8.91. The zero-order chi connectivity index (χ0) is 19.3. The fourth-order valence-corrected chi connectivity index (χ4v) is 3.70. The molecule has 4 nitrogen and oxygen atoms in total. The van der Waals surface area contributed by atoms with Crippen molar-refractivity contribution in [3.63, 3.8) is 0 Å². The van der Waals surface area contributed by atoms with Crippen LogP contribution in [0.15, 0.2) is 54.7 Å². The van der Waals surface area contributed by atoms with E-state index in [2.05, 4.69) is 10.2 Å². The number of anilines is 1. The van der Waals surface area contributed by atoms with Gasteiger partial charge in [0, 0.05) is 34.3 Å². The highest BCUT2D eigenvalue weighted by Crippen LogP contribution is 2.31. The molecule has 1 aliphatic heterocycles. The molecule has 0 atom stereocenters. The van der Waals surface area contributed by atoms with Crippen molar-refractivity contribution in [3.8, 4) is 22.5 Å². The summed E-state index contributed by atoms with van der Waals surface area (Å²) >= 11 is 12.1. The van der Waals surface area contributed by atoms with E-state index in [1.807, 2.05) is 48.5 Å². The Bertz CT molecular complexity index is 920. The number of rotatable bonds is 6. The van der Waals surface area contributed by atoms with Gasteiger partial charge >= 0.3 is 0 Å². The Balaban J connectivity index is 1.61. The molecule has 0 bridgehead atoms. The summed E-state index contributed by atoms with van der Waals surface area (Å²) in [5.41, 5.74) is 3.60. The highest BCUT2D eigenvalue weighted by Gasteiger charge is 2.14. The van der Waals surface area contributed by atoms with Gasteiger partial charge in [-0.1, -0.05) is 47.5 Å². The van der Waals surface area contributed by atoms with E-state index >= 15 is 0 Å². The lowest BCUT2D eigenvalue weighted by Crippen LogP contribution is -2.26. The number of nitrogens with one attached hydrogen (secondary N) is 1. The van der Waals surface area contributed by atoms with Crippen LogP contribution in [-0.4, -0.2) is 41.0 Å². The Morgan fingerprint density at radius 3 is 2.00 bits per heavy atom. The molecule has 1 aliphatic rings. The standard InChI is InChI=1S/C22H22Cl2N4/c23-18-7-3-16(4-8-18)21-22(17-5-9-19(24)10-6-17)27-20(15-26-21)25-11-14-28-12-1-2-13-28/h3-10,15H,1-2,11-14H2,(H,25,27). The minimum atomic E-state index is 0.699. The first-order valence-corrected chi connectivity index (χ1v) is 10.3. The van der Waals surface area contributed by atoms with E-state index in [1.54, 1.807) is 6.20 Å². The molecular formula is C22H22Cl2N4. The number of halogens is 2. The van der Waals surface area contributed by atoms with Crippen LogP contribution in [0.3, 0.4) is 0 Å². The van der Waals surface area contributed by atoms with Gasteiger partial charge in [-0.3, -0.25) is 4.98 Å². The van der Waals surface area contributed by atoms with E-state index in [4.69, 9.17) is 33.2 Å². The molecule has 2 aromatic carbocycles. The summed E-state index contributed by atoms with van der Waals surface area (Å²) in [5.74, 6) is 0.780. The highest BCUT2D eigenvalue weighted by atomic mass is 35.5. The molecule has 3 aromatic rings. The van der Waals surface area contributed by atoms with Crippen LogP contribution in [0, 0.1) is 0 Å². The largest absolute Gasteiger partial charge is 0.367 e. The van der Waals surface area contributed by atoms with Gasteiger partial charge in [-0.15, -0.1) is 0 Å². The maximum atomic E-state index is 6.07. The van der Waals surface area contributed by atoms with Gasteiger partial charge in [0.05, 0.1) is 17.6 Å². The first-order valence-electron chi connectivity index (χ1n) is 9.54. The summed E-state index contributed by atoms with van der Waals surface area (Å²) in [6.07, 6.45) is 4.40. The van der Waals surface area contributed by atoms with Crippen molar-refractivity contribution in [2.45, 2.75) is 12.8 Å². The summed E-state index contributed by atoms with van der Waals surface area (Å²) in [4.78, 5) is 12.1. The third-order valence-corrected chi connectivity index (χ3v) is 5.44. The van der Waals surface area contributed by atoms with Crippen LogP contribution in [-0.2, 0) is 0 Å².